The van der Waals surface area contributed by atoms with E-state index in [9.17, 15) is 0 Å². The summed E-state index contributed by atoms with van der Waals surface area (Å²) in [6.45, 7) is 0. The zero-order valence-electron chi connectivity index (χ0n) is 17.8. The molecule has 0 saturated heterocycles. The highest BCUT2D eigenvalue weighted by atomic mass is 35.5. The van der Waals surface area contributed by atoms with Crippen molar-refractivity contribution in [2.24, 2.45) is 5.10 Å². The average Bonchev–Trinajstić information content (AvgIpc) is 3.31. The number of anilines is 1. The molecule has 0 aliphatic carbocycles. The van der Waals surface area contributed by atoms with Crippen LogP contribution in [0.5, 0.6) is 0 Å². The van der Waals surface area contributed by atoms with Crippen LogP contribution in [0, 0.1) is 0 Å². The second-order valence-electron chi connectivity index (χ2n) is 7.53. The van der Waals surface area contributed by atoms with E-state index in [0.29, 0.717) is 5.02 Å². The molecule has 0 saturated carbocycles. The maximum absolute atomic E-state index is 6.01. The van der Waals surface area contributed by atoms with E-state index in [1.807, 2.05) is 77.5 Å². The SMILES string of the molecule is Clc1cccc(NN=Cc2ccc(-n3nc(-c4ccccc4)cc3-c3ccccc3)cc2)c1. The van der Waals surface area contributed by atoms with Gasteiger partial charge in [0.15, 0.2) is 0 Å². The molecule has 0 atom stereocenters. The molecule has 5 rings (SSSR count). The van der Waals surface area contributed by atoms with Gasteiger partial charge < -0.3 is 0 Å². The molecule has 0 amide bonds. The quantitative estimate of drug-likeness (QED) is 0.218. The second kappa shape index (κ2) is 9.55. The molecule has 33 heavy (non-hydrogen) atoms. The van der Waals surface area contributed by atoms with Crippen LogP contribution in [-0.2, 0) is 0 Å². The minimum Gasteiger partial charge on any atom is -0.278 e. The van der Waals surface area contributed by atoms with Gasteiger partial charge >= 0.3 is 0 Å². The molecule has 0 unspecified atom stereocenters. The molecule has 5 aromatic rings. The first-order valence-electron chi connectivity index (χ1n) is 10.6. The summed E-state index contributed by atoms with van der Waals surface area (Å²) in [7, 11) is 0. The number of nitrogens with one attached hydrogen (secondary N) is 1. The third kappa shape index (κ3) is 4.86. The first-order chi connectivity index (χ1) is 16.3. The minimum atomic E-state index is 0.669. The molecule has 160 valence electrons. The number of aromatic nitrogens is 2. The van der Waals surface area contributed by atoms with Gasteiger partial charge in [-0.25, -0.2) is 4.68 Å². The van der Waals surface area contributed by atoms with Crippen LogP contribution in [0.15, 0.2) is 120 Å². The Morgan fingerprint density at radius 1 is 0.727 bits per heavy atom. The largest absolute Gasteiger partial charge is 0.278 e. The van der Waals surface area contributed by atoms with Gasteiger partial charge in [-0.1, -0.05) is 90.5 Å². The summed E-state index contributed by atoms with van der Waals surface area (Å²) in [5.41, 5.74) is 9.98. The number of hydrazone groups is 1. The van der Waals surface area contributed by atoms with E-state index in [0.717, 1.165) is 39.5 Å². The Morgan fingerprint density at radius 3 is 2.12 bits per heavy atom. The van der Waals surface area contributed by atoms with Crippen LogP contribution in [0.3, 0.4) is 0 Å². The molecule has 0 aliphatic rings. The van der Waals surface area contributed by atoms with E-state index >= 15 is 0 Å². The third-order valence-corrected chi connectivity index (χ3v) is 5.45. The van der Waals surface area contributed by atoms with Crippen LogP contribution < -0.4 is 5.43 Å². The van der Waals surface area contributed by atoms with Gasteiger partial charge in [-0.3, -0.25) is 5.43 Å². The van der Waals surface area contributed by atoms with Crippen molar-refractivity contribution in [1.82, 2.24) is 9.78 Å². The Kier molecular flexibility index (Phi) is 6.00. The normalized spacial score (nSPS) is 11.1. The monoisotopic (exact) mass is 448 g/mol. The molecule has 4 aromatic carbocycles. The molecule has 4 nitrogen and oxygen atoms in total. The Bertz CT molecular complexity index is 1370. The van der Waals surface area contributed by atoms with Gasteiger partial charge in [0, 0.05) is 16.1 Å². The van der Waals surface area contributed by atoms with Crippen molar-refractivity contribution in [1.29, 1.82) is 0 Å². The van der Waals surface area contributed by atoms with E-state index < -0.39 is 0 Å². The molecule has 0 bridgehead atoms. The Balaban J connectivity index is 1.43. The van der Waals surface area contributed by atoms with Crippen molar-refractivity contribution in [2.75, 3.05) is 5.43 Å². The van der Waals surface area contributed by atoms with E-state index in [1.165, 1.54) is 0 Å². The molecule has 0 radical (unpaired) electrons. The van der Waals surface area contributed by atoms with E-state index in [2.05, 4.69) is 53.0 Å². The molecule has 0 aliphatic heterocycles. The van der Waals surface area contributed by atoms with Crippen molar-refractivity contribution in [3.05, 3.63) is 126 Å². The van der Waals surface area contributed by atoms with Crippen LogP contribution in [-0.4, -0.2) is 16.0 Å². The fraction of sp³-hybridized carbons (Fsp3) is 0. The molecular weight excluding hydrogens is 428 g/mol. The lowest BCUT2D eigenvalue weighted by molar-refractivity contribution is 0.892. The van der Waals surface area contributed by atoms with Crippen molar-refractivity contribution < 1.29 is 0 Å². The summed E-state index contributed by atoms with van der Waals surface area (Å²) in [6.07, 6.45) is 1.78. The van der Waals surface area contributed by atoms with Crippen LogP contribution in [0.1, 0.15) is 5.56 Å². The van der Waals surface area contributed by atoms with Gasteiger partial charge in [0.2, 0.25) is 0 Å². The summed E-state index contributed by atoms with van der Waals surface area (Å²) in [4.78, 5) is 0. The Labute approximate surface area is 197 Å². The standard InChI is InChI=1S/C28H21ClN4/c29-24-12-7-13-25(18-24)31-30-20-21-14-16-26(17-15-21)33-28(23-10-5-2-6-11-23)19-27(32-33)22-8-3-1-4-9-22/h1-20,31H. The molecule has 1 aromatic heterocycles. The second-order valence-corrected chi connectivity index (χ2v) is 7.97. The van der Waals surface area contributed by atoms with Crippen LogP contribution in [0.4, 0.5) is 5.69 Å². The van der Waals surface area contributed by atoms with Gasteiger partial charge in [0.1, 0.15) is 0 Å². The van der Waals surface area contributed by atoms with E-state index in [-0.39, 0.29) is 0 Å². The zero-order chi connectivity index (χ0) is 22.5. The third-order valence-electron chi connectivity index (χ3n) is 5.22. The first-order valence-corrected chi connectivity index (χ1v) is 11.0. The number of nitrogens with zero attached hydrogens (tertiary/aromatic N) is 3. The van der Waals surface area contributed by atoms with Gasteiger partial charge in [-0.2, -0.15) is 10.2 Å². The summed E-state index contributed by atoms with van der Waals surface area (Å²) in [6, 6.07) is 38.3. The number of hydrogen-bond donors (Lipinski definition) is 1. The van der Waals surface area contributed by atoms with E-state index in [4.69, 9.17) is 16.7 Å². The van der Waals surface area contributed by atoms with Crippen molar-refractivity contribution in [3.8, 4) is 28.2 Å². The smallest absolute Gasteiger partial charge is 0.0934 e. The topological polar surface area (TPSA) is 42.2 Å². The minimum absolute atomic E-state index is 0.669. The maximum atomic E-state index is 6.01. The summed E-state index contributed by atoms with van der Waals surface area (Å²) < 4.78 is 1.99. The Morgan fingerprint density at radius 2 is 1.42 bits per heavy atom. The highest BCUT2D eigenvalue weighted by Gasteiger charge is 2.12. The Hall–Kier alpha value is -4.15. The summed E-state index contributed by atoms with van der Waals surface area (Å²) in [5, 5.41) is 9.90. The molecule has 0 fully saturated rings. The highest BCUT2D eigenvalue weighted by Crippen LogP contribution is 2.28. The number of hydrogen-bond acceptors (Lipinski definition) is 3. The summed E-state index contributed by atoms with van der Waals surface area (Å²) in [5.74, 6) is 0. The lowest BCUT2D eigenvalue weighted by Gasteiger charge is -2.08. The lowest BCUT2D eigenvalue weighted by Crippen LogP contribution is -1.99. The predicted octanol–water partition coefficient (Wildman–Crippen LogP) is 7.31. The number of rotatable bonds is 6. The molecule has 0 spiro atoms. The maximum Gasteiger partial charge on any atom is 0.0934 e. The fourth-order valence-corrected chi connectivity index (χ4v) is 3.77. The van der Waals surface area contributed by atoms with Crippen molar-refractivity contribution in [3.63, 3.8) is 0 Å². The molecule has 1 heterocycles. The first kappa shape index (κ1) is 20.7. The van der Waals surface area contributed by atoms with Crippen molar-refractivity contribution in [2.45, 2.75) is 0 Å². The molecule has 5 heteroatoms. The number of benzene rings is 4. The number of halogens is 1. The average molecular weight is 449 g/mol. The highest BCUT2D eigenvalue weighted by molar-refractivity contribution is 6.30. The molecular formula is C28H21ClN4. The lowest BCUT2D eigenvalue weighted by atomic mass is 10.1. The van der Waals surface area contributed by atoms with Crippen LogP contribution in [0.2, 0.25) is 5.02 Å². The predicted molar refractivity (Wildman–Crippen MR) is 137 cm³/mol. The zero-order valence-corrected chi connectivity index (χ0v) is 18.5. The van der Waals surface area contributed by atoms with E-state index in [1.54, 1.807) is 6.21 Å². The van der Waals surface area contributed by atoms with Gasteiger partial charge in [-0.05, 0) is 42.0 Å². The fourth-order valence-electron chi connectivity index (χ4n) is 3.58. The van der Waals surface area contributed by atoms with Crippen LogP contribution in [0.25, 0.3) is 28.2 Å². The van der Waals surface area contributed by atoms with Gasteiger partial charge in [0.05, 0.1) is 29.0 Å². The van der Waals surface area contributed by atoms with Gasteiger partial charge in [0.25, 0.3) is 0 Å². The van der Waals surface area contributed by atoms with Crippen LogP contribution >= 0.6 is 11.6 Å². The van der Waals surface area contributed by atoms with Gasteiger partial charge in [-0.15, -0.1) is 0 Å². The van der Waals surface area contributed by atoms with Crippen molar-refractivity contribution >= 4 is 23.5 Å². The summed E-state index contributed by atoms with van der Waals surface area (Å²) >= 11 is 6.01. The molecule has 1 N–H and O–H groups in total.